The second-order valence-corrected chi connectivity index (χ2v) is 5.67. The molecule has 0 aliphatic rings. The van der Waals surface area contributed by atoms with Gasteiger partial charge in [-0.1, -0.05) is 25.1 Å². The van der Waals surface area contributed by atoms with Crippen LogP contribution in [0.4, 0.5) is 17.1 Å². The number of nitrogen functional groups attached to an aromatic ring is 1. The van der Waals surface area contributed by atoms with Crippen molar-refractivity contribution in [2.75, 3.05) is 16.4 Å². The Hall–Kier alpha value is -2.82. The average Bonchev–Trinajstić information content (AvgIpc) is 2.55. The van der Waals surface area contributed by atoms with Gasteiger partial charge in [-0.3, -0.25) is 9.59 Å². The van der Waals surface area contributed by atoms with Crippen LogP contribution in [0.15, 0.2) is 48.5 Å². The lowest BCUT2D eigenvalue weighted by atomic mass is 10.1. The number of hydrogen-bond acceptors (Lipinski definition) is 3. The monoisotopic (exact) mass is 325 g/mol. The Morgan fingerprint density at radius 2 is 1.50 bits per heavy atom. The van der Waals surface area contributed by atoms with Crippen molar-refractivity contribution in [2.24, 2.45) is 0 Å². The molecule has 5 nitrogen and oxygen atoms in total. The second kappa shape index (κ2) is 8.72. The molecule has 0 fully saturated rings. The van der Waals surface area contributed by atoms with Gasteiger partial charge in [0.1, 0.15) is 0 Å². The first-order valence-electron chi connectivity index (χ1n) is 8.11. The summed E-state index contributed by atoms with van der Waals surface area (Å²) in [7, 11) is 0. The third kappa shape index (κ3) is 5.76. The molecule has 0 heterocycles. The van der Waals surface area contributed by atoms with E-state index in [1.807, 2.05) is 31.2 Å². The molecule has 0 unspecified atom stereocenters. The van der Waals surface area contributed by atoms with Gasteiger partial charge in [0.2, 0.25) is 11.8 Å². The highest BCUT2D eigenvalue weighted by atomic mass is 16.2. The summed E-state index contributed by atoms with van der Waals surface area (Å²) in [5.41, 5.74) is 8.78. The largest absolute Gasteiger partial charge is 0.399 e. The van der Waals surface area contributed by atoms with Crippen LogP contribution < -0.4 is 16.4 Å². The van der Waals surface area contributed by atoms with Crippen LogP contribution in [0.5, 0.6) is 0 Å². The van der Waals surface area contributed by atoms with E-state index >= 15 is 0 Å². The standard InChI is InChI=1S/C19H23N3O2/c1-2-4-18(23)21-16-5-3-6-17(13-16)22-19(24)12-9-14-7-10-15(20)11-8-14/h3,5-8,10-11,13H,2,4,9,12,20H2,1H3,(H,21,23)(H,22,24). The van der Waals surface area contributed by atoms with Gasteiger partial charge in [-0.25, -0.2) is 0 Å². The van der Waals surface area contributed by atoms with Crippen LogP contribution in [0.25, 0.3) is 0 Å². The summed E-state index contributed by atoms with van der Waals surface area (Å²) in [5, 5.41) is 5.67. The minimum atomic E-state index is -0.0659. The SMILES string of the molecule is CCCC(=O)Nc1cccc(NC(=O)CCc2ccc(N)cc2)c1. The zero-order valence-electron chi connectivity index (χ0n) is 13.8. The molecule has 5 heteroatoms. The molecule has 0 aromatic heterocycles. The van der Waals surface area contributed by atoms with Crippen LogP contribution in [-0.2, 0) is 16.0 Å². The number of carbonyl (C=O) groups is 2. The van der Waals surface area contributed by atoms with Crippen LogP contribution in [0.3, 0.4) is 0 Å². The van der Waals surface area contributed by atoms with Crippen LogP contribution in [0, 0.1) is 0 Å². The number of anilines is 3. The molecule has 126 valence electrons. The number of amides is 2. The molecule has 0 spiro atoms. The number of nitrogens with two attached hydrogens (primary N) is 1. The van der Waals surface area contributed by atoms with E-state index < -0.39 is 0 Å². The Bertz CT molecular complexity index is 696. The van der Waals surface area contributed by atoms with Gasteiger partial charge in [-0.2, -0.15) is 0 Å². The lowest BCUT2D eigenvalue weighted by Crippen LogP contribution is -2.13. The summed E-state index contributed by atoms with van der Waals surface area (Å²) < 4.78 is 0. The number of carbonyl (C=O) groups excluding carboxylic acids is 2. The van der Waals surface area contributed by atoms with Crippen molar-refractivity contribution in [3.05, 3.63) is 54.1 Å². The number of hydrogen-bond donors (Lipinski definition) is 3. The Labute approximate surface area is 142 Å². The van der Waals surface area contributed by atoms with E-state index in [9.17, 15) is 9.59 Å². The van der Waals surface area contributed by atoms with E-state index in [2.05, 4.69) is 10.6 Å². The van der Waals surface area contributed by atoms with Gasteiger partial charge in [0, 0.05) is 29.9 Å². The minimum absolute atomic E-state index is 0.0238. The molecule has 2 rings (SSSR count). The predicted molar refractivity (Wildman–Crippen MR) is 97.8 cm³/mol. The molecule has 2 aromatic rings. The Morgan fingerprint density at radius 1 is 0.917 bits per heavy atom. The first kappa shape index (κ1) is 17.5. The molecule has 0 radical (unpaired) electrons. The summed E-state index contributed by atoms with van der Waals surface area (Å²) in [6.07, 6.45) is 2.32. The van der Waals surface area contributed by atoms with Crippen molar-refractivity contribution in [3.8, 4) is 0 Å². The smallest absolute Gasteiger partial charge is 0.224 e. The lowest BCUT2D eigenvalue weighted by molar-refractivity contribution is -0.117. The minimum Gasteiger partial charge on any atom is -0.399 e. The first-order valence-corrected chi connectivity index (χ1v) is 8.11. The summed E-state index contributed by atoms with van der Waals surface area (Å²) in [5.74, 6) is -0.0896. The molecular weight excluding hydrogens is 302 g/mol. The number of aryl methyl sites for hydroxylation is 1. The van der Waals surface area contributed by atoms with Crippen molar-refractivity contribution in [1.29, 1.82) is 0 Å². The summed E-state index contributed by atoms with van der Waals surface area (Å²) >= 11 is 0. The molecule has 0 bridgehead atoms. The van der Waals surface area contributed by atoms with Crippen LogP contribution in [0.2, 0.25) is 0 Å². The molecule has 0 aliphatic carbocycles. The molecule has 2 aromatic carbocycles. The van der Waals surface area contributed by atoms with Gasteiger partial charge >= 0.3 is 0 Å². The molecular formula is C19H23N3O2. The third-order valence-corrected chi connectivity index (χ3v) is 3.53. The van der Waals surface area contributed by atoms with E-state index in [-0.39, 0.29) is 11.8 Å². The molecule has 24 heavy (non-hydrogen) atoms. The van der Waals surface area contributed by atoms with Crippen molar-refractivity contribution in [2.45, 2.75) is 32.6 Å². The molecule has 4 N–H and O–H groups in total. The van der Waals surface area contributed by atoms with Crippen LogP contribution in [0.1, 0.15) is 31.7 Å². The Morgan fingerprint density at radius 3 is 2.08 bits per heavy atom. The second-order valence-electron chi connectivity index (χ2n) is 5.67. The van der Waals surface area contributed by atoms with E-state index in [1.165, 1.54) is 0 Å². The van der Waals surface area contributed by atoms with Gasteiger partial charge in [0.15, 0.2) is 0 Å². The zero-order valence-corrected chi connectivity index (χ0v) is 13.8. The maximum Gasteiger partial charge on any atom is 0.224 e. The van der Waals surface area contributed by atoms with E-state index in [0.717, 1.165) is 12.0 Å². The predicted octanol–water partition coefficient (Wildman–Crippen LogP) is 3.58. The van der Waals surface area contributed by atoms with Gasteiger partial charge in [-0.15, -0.1) is 0 Å². The maximum atomic E-state index is 12.1. The van der Waals surface area contributed by atoms with Crippen LogP contribution >= 0.6 is 0 Å². The van der Waals surface area contributed by atoms with Gasteiger partial charge in [-0.05, 0) is 48.7 Å². The van der Waals surface area contributed by atoms with Gasteiger partial charge in [0.05, 0.1) is 0 Å². The topological polar surface area (TPSA) is 84.2 Å². The molecule has 0 atom stereocenters. The van der Waals surface area contributed by atoms with Gasteiger partial charge in [0.25, 0.3) is 0 Å². The summed E-state index contributed by atoms with van der Waals surface area (Å²) in [6, 6.07) is 14.7. The molecule has 0 saturated heterocycles. The Balaban J connectivity index is 1.87. The highest BCUT2D eigenvalue weighted by Gasteiger charge is 2.05. The summed E-state index contributed by atoms with van der Waals surface area (Å²) in [4.78, 5) is 23.7. The van der Waals surface area contributed by atoms with Crippen LogP contribution in [-0.4, -0.2) is 11.8 Å². The summed E-state index contributed by atoms with van der Waals surface area (Å²) in [6.45, 7) is 1.96. The van der Waals surface area contributed by atoms with Crippen molar-refractivity contribution < 1.29 is 9.59 Å². The molecule has 2 amide bonds. The van der Waals surface area contributed by atoms with Crippen molar-refractivity contribution >= 4 is 28.9 Å². The zero-order chi connectivity index (χ0) is 17.4. The number of benzene rings is 2. The fourth-order valence-electron chi connectivity index (χ4n) is 2.29. The number of nitrogens with one attached hydrogen (secondary N) is 2. The normalized spacial score (nSPS) is 10.2. The van der Waals surface area contributed by atoms with Crippen molar-refractivity contribution in [3.63, 3.8) is 0 Å². The number of rotatable bonds is 7. The fraction of sp³-hybridized carbons (Fsp3) is 0.263. The lowest BCUT2D eigenvalue weighted by Gasteiger charge is -2.09. The highest BCUT2D eigenvalue weighted by Crippen LogP contribution is 2.16. The first-order chi connectivity index (χ1) is 11.6. The quantitative estimate of drug-likeness (QED) is 0.680. The van der Waals surface area contributed by atoms with Gasteiger partial charge < -0.3 is 16.4 Å². The van der Waals surface area contributed by atoms with E-state index in [0.29, 0.717) is 36.3 Å². The maximum absolute atomic E-state index is 12.1. The third-order valence-electron chi connectivity index (χ3n) is 3.53. The molecule has 0 aliphatic heterocycles. The van der Waals surface area contributed by atoms with E-state index in [4.69, 9.17) is 5.73 Å². The average molecular weight is 325 g/mol. The molecule has 0 saturated carbocycles. The van der Waals surface area contributed by atoms with Crippen molar-refractivity contribution in [1.82, 2.24) is 0 Å². The fourth-order valence-corrected chi connectivity index (χ4v) is 2.29. The Kier molecular flexibility index (Phi) is 6.37. The van der Waals surface area contributed by atoms with E-state index in [1.54, 1.807) is 24.3 Å². The highest BCUT2D eigenvalue weighted by molar-refractivity contribution is 5.94.